The van der Waals surface area contributed by atoms with Gasteiger partial charge in [0.25, 0.3) is 10.1 Å². The number of nitrogens with zero attached hydrogens (tertiary/aromatic N) is 4. The summed E-state index contributed by atoms with van der Waals surface area (Å²) in [5.74, 6) is -0.606. The van der Waals surface area contributed by atoms with Gasteiger partial charge in [-0.2, -0.15) is 18.6 Å². The van der Waals surface area contributed by atoms with E-state index in [4.69, 9.17) is 4.55 Å². The number of phenols is 2. The van der Waals surface area contributed by atoms with Crippen molar-refractivity contribution < 1.29 is 23.2 Å². The van der Waals surface area contributed by atoms with Crippen LogP contribution in [0.1, 0.15) is 5.56 Å². The number of azo groups is 2. The van der Waals surface area contributed by atoms with Crippen molar-refractivity contribution in [3.8, 4) is 11.5 Å². The van der Waals surface area contributed by atoms with Crippen molar-refractivity contribution in [3.63, 3.8) is 0 Å². The summed E-state index contributed by atoms with van der Waals surface area (Å²) in [5.41, 5.74) is 2.00. The van der Waals surface area contributed by atoms with Crippen molar-refractivity contribution in [2.24, 2.45) is 20.5 Å². The Morgan fingerprint density at radius 3 is 1.86 bits per heavy atom. The van der Waals surface area contributed by atoms with Crippen LogP contribution in [-0.4, -0.2) is 23.2 Å². The predicted molar refractivity (Wildman–Crippen MR) is 106 cm³/mol. The lowest BCUT2D eigenvalue weighted by Crippen LogP contribution is -1.96. The fourth-order valence-corrected chi connectivity index (χ4v) is 2.79. The van der Waals surface area contributed by atoms with E-state index >= 15 is 0 Å². The van der Waals surface area contributed by atoms with Gasteiger partial charge >= 0.3 is 0 Å². The van der Waals surface area contributed by atoms with E-state index in [1.165, 1.54) is 30.3 Å². The van der Waals surface area contributed by atoms with E-state index in [1.54, 1.807) is 6.07 Å². The number of phenolic OH excluding ortho intramolecular Hbond substituents is 2. The van der Waals surface area contributed by atoms with E-state index in [0.29, 0.717) is 5.69 Å². The number of rotatable bonds is 5. The quantitative estimate of drug-likeness (QED) is 0.375. The van der Waals surface area contributed by atoms with Crippen LogP contribution in [0, 0.1) is 6.92 Å². The van der Waals surface area contributed by atoms with E-state index in [0.717, 1.165) is 11.6 Å². The molecular formula is C19H16N4O5S. The highest BCUT2D eigenvalue weighted by Gasteiger charge is 2.10. The van der Waals surface area contributed by atoms with Crippen molar-refractivity contribution in [1.82, 2.24) is 0 Å². The highest BCUT2D eigenvalue weighted by atomic mass is 32.2. The van der Waals surface area contributed by atoms with Gasteiger partial charge in [0.2, 0.25) is 0 Å². The van der Waals surface area contributed by atoms with Crippen molar-refractivity contribution in [1.29, 1.82) is 0 Å². The minimum Gasteiger partial charge on any atom is -0.505 e. The standard InChI is InChI=1S/C19H16N4O5S/c1-12-3-2-4-14(9-12)21-23-17-10-16(18(24)11-19(17)25)22-20-13-5-7-15(8-6-13)29(26,27)28/h2-11,24-25H,1H3,(H,26,27,28). The Bertz CT molecular complexity index is 1210. The molecule has 29 heavy (non-hydrogen) atoms. The molecular weight excluding hydrogens is 396 g/mol. The minimum atomic E-state index is -4.30. The molecule has 0 unspecified atom stereocenters. The van der Waals surface area contributed by atoms with Crippen LogP contribution in [-0.2, 0) is 10.1 Å². The van der Waals surface area contributed by atoms with E-state index in [-0.39, 0.29) is 33.5 Å². The van der Waals surface area contributed by atoms with Gasteiger partial charge in [-0.15, -0.1) is 10.2 Å². The molecule has 0 aliphatic carbocycles. The summed E-state index contributed by atoms with van der Waals surface area (Å²) < 4.78 is 31.1. The van der Waals surface area contributed by atoms with Gasteiger partial charge in [0, 0.05) is 12.1 Å². The first kappa shape index (κ1) is 20.1. The van der Waals surface area contributed by atoms with Crippen molar-refractivity contribution in [3.05, 3.63) is 66.2 Å². The molecule has 0 heterocycles. The van der Waals surface area contributed by atoms with Crippen LogP contribution in [0.5, 0.6) is 11.5 Å². The molecule has 0 aromatic heterocycles. The monoisotopic (exact) mass is 412 g/mol. The first-order chi connectivity index (χ1) is 13.7. The third-order valence-corrected chi connectivity index (χ3v) is 4.62. The Kier molecular flexibility index (Phi) is 5.66. The Hall–Kier alpha value is -3.63. The molecule has 0 fully saturated rings. The third-order valence-electron chi connectivity index (χ3n) is 3.75. The van der Waals surface area contributed by atoms with Gasteiger partial charge in [0.1, 0.15) is 22.9 Å². The van der Waals surface area contributed by atoms with Crippen LogP contribution >= 0.6 is 0 Å². The first-order valence-corrected chi connectivity index (χ1v) is 9.70. The molecule has 0 aliphatic rings. The molecule has 0 bridgehead atoms. The average molecular weight is 412 g/mol. The first-order valence-electron chi connectivity index (χ1n) is 8.26. The molecule has 148 valence electrons. The molecule has 3 aromatic rings. The van der Waals surface area contributed by atoms with Crippen molar-refractivity contribution in [2.45, 2.75) is 11.8 Å². The van der Waals surface area contributed by atoms with Gasteiger partial charge in [-0.3, -0.25) is 4.55 Å². The van der Waals surface area contributed by atoms with E-state index in [2.05, 4.69) is 20.5 Å². The number of aromatic hydroxyl groups is 2. The van der Waals surface area contributed by atoms with Crippen LogP contribution in [0.2, 0.25) is 0 Å². The maximum absolute atomic E-state index is 11.0. The summed E-state index contributed by atoms with van der Waals surface area (Å²) in [4.78, 5) is -0.275. The molecule has 0 saturated heterocycles. The van der Waals surface area contributed by atoms with Crippen LogP contribution in [0.3, 0.4) is 0 Å². The second kappa shape index (κ2) is 8.17. The van der Waals surface area contributed by atoms with Crippen LogP contribution in [0.15, 0.2) is 86.0 Å². The van der Waals surface area contributed by atoms with Gasteiger partial charge < -0.3 is 10.2 Å². The van der Waals surface area contributed by atoms with Gasteiger partial charge in [-0.1, -0.05) is 12.1 Å². The van der Waals surface area contributed by atoms with Gasteiger partial charge in [0.05, 0.1) is 16.3 Å². The normalized spacial score (nSPS) is 12.1. The Balaban J connectivity index is 1.86. The molecule has 0 atom stereocenters. The topological polar surface area (TPSA) is 144 Å². The smallest absolute Gasteiger partial charge is 0.294 e. The summed E-state index contributed by atoms with van der Waals surface area (Å²) in [5, 5.41) is 35.8. The third kappa shape index (κ3) is 5.21. The highest BCUT2D eigenvalue weighted by molar-refractivity contribution is 7.85. The lowest BCUT2D eigenvalue weighted by Gasteiger charge is -2.03. The fraction of sp³-hybridized carbons (Fsp3) is 0.0526. The van der Waals surface area contributed by atoms with Crippen LogP contribution in [0.25, 0.3) is 0 Å². The lowest BCUT2D eigenvalue weighted by molar-refractivity contribution is 0.452. The van der Waals surface area contributed by atoms with Crippen molar-refractivity contribution in [2.75, 3.05) is 0 Å². The fourth-order valence-electron chi connectivity index (χ4n) is 2.31. The minimum absolute atomic E-state index is 0.0276. The van der Waals surface area contributed by atoms with E-state index < -0.39 is 10.1 Å². The Labute approximate surface area is 166 Å². The Morgan fingerprint density at radius 1 is 0.724 bits per heavy atom. The molecule has 0 aliphatic heterocycles. The van der Waals surface area contributed by atoms with Gasteiger partial charge in [0.15, 0.2) is 0 Å². The molecule has 10 heteroatoms. The van der Waals surface area contributed by atoms with E-state index in [9.17, 15) is 18.6 Å². The maximum Gasteiger partial charge on any atom is 0.294 e. The molecule has 0 amide bonds. The largest absolute Gasteiger partial charge is 0.505 e. The Morgan fingerprint density at radius 2 is 1.31 bits per heavy atom. The SMILES string of the molecule is Cc1cccc(N=Nc2cc(N=Nc3ccc(S(=O)(=O)O)cc3)c(O)cc2O)c1. The van der Waals surface area contributed by atoms with Gasteiger partial charge in [-0.05, 0) is 48.9 Å². The van der Waals surface area contributed by atoms with Crippen molar-refractivity contribution >= 4 is 32.9 Å². The zero-order valence-electron chi connectivity index (χ0n) is 15.1. The second-order valence-corrected chi connectivity index (χ2v) is 7.46. The summed E-state index contributed by atoms with van der Waals surface area (Å²) in [7, 11) is -4.30. The molecule has 3 N–H and O–H groups in total. The maximum atomic E-state index is 11.0. The molecule has 3 aromatic carbocycles. The molecule has 9 nitrogen and oxygen atoms in total. The van der Waals surface area contributed by atoms with Gasteiger partial charge in [-0.25, -0.2) is 0 Å². The zero-order valence-corrected chi connectivity index (χ0v) is 15.9. The second-order valence-electron chi connectivity index (χ2n) is 6.04. The summed E-state index contributed by atoms with van der Waals surface area (Å²) in [6.07, 6.45) is 0. The zero-order chi connectivity index (χ0) is 21.0. The molecule has 0 saturated carbocycles. The van der Waals surface area contributed by atoms with E-state index in [1.807, 2.05) is 25.1 Å². The number of hydrogen-bond acceptors (Lipinski definition) is 8. The highest BCUT2D eigenvalue weighted by Crippen LogP contribution is 2.39. The van der Waals surface area contributed by atoms with Crippen LogP contribution < -0.4 is 0 Å². The number of hydrogen-bond donors (Lipinski definition) is 3. The number of aryl methyl sites for hydroxylation is 1. The lowest BCUT2D eigenvalue weighted by atomic mass is 10.2. The van der Waals surface area contributed by atoms with Crippen LogP contribution in [0.4, 0.5) is 22.7 Å². The molecule has 0 spiro atoms. The predicted octanol–water partition coefficient (Wildman–Crippen LogP) is 5.48. The summed E-state index contributed by atoms with van der Waals surface area (Å²) in [6.45, 7) is 1.91. The number of benzene rings is 3. The summed E-state index contributed by atoms with van der Waals surface area (Å²) in [6, 6.07) is 14.7. The molecule has 0 radical (unpaired) electrons. The average Bonchev–Trinajstić information content (AvgIpc) is 2.66. The summed E-state index contributed by atoms with van der Waals surface area (Å²) >= 11 is 0. The molecule has 3 rings (SSSR count).